The van der Waals surface area contributed by atoms with E-state index in [-0.39, 0.29) is 0 Å². The first-order valence-corrected chi connectivity index (χ1v) is 6.35. The van der Waals surface area contributed by atoms with Gasteiger partial charge in [0.1, 0.15) is 5.75 Å². The maximum Gasteiger partial charge on any atom is 0.404 e. The molecular formula is C15H17NO3. The van der Waals surface area contributed by atoms with Crippen molar-refractivity contribution in [3.63, 3.8) is 0 Å². The molecule has 0 fully saturated rings. The average molecular weight is 259 g/mol. The minimum atomic E-state index is -0.977. The lowest BCUT2D eigenvalue weighted by molar-refractivity contribution is 0.194. The lowest BCUT2D eigenvalue weighted by Crippen LogP contribution is -2.22. The van der Waals surface area contributed by atoms with Gasteiger partial charge < -0.3 is 15.2 Å². The lowest BCUT2D eigenvalue weighted by atomic mass is 10.1. The van der Waals surface area contributed by atoms with E-state index in [0.717, 1.165) is 29.4 Å². The fourth-order valence-electron chi connectivity index (χ4n) is 1.93. The molecule has 0 aliphatic heterocycles. The number of hydrogen-bond donors (Lipinski definition) is 2. The number of rotatable bonds is 6. The third-order valence-electron chi connectivity index (χ3n) is 2.85. The summed E-state index contributed by atoms with van der Waals surface area (Å²) in [5.41, 5.74) is 0. The highest BCUT2D eigenvalue weighted by atomic mass is 16.5. The second kappa shape index (κ2) is 6.64. The van der Waals surface area contributed by atoms with Crippen molar-refractivity contribution in [1.29, 1.82) is 0 Å². The summed E-state index contributed by atoms with van der Waals surface area (Å²) in [7, 11) is 0. The topological polar surface area (TPSA) is 58.6 Å². The highest BCUT2D eigenvalue weighted by molar-refractivity contribution is 5.88. The van der Waals surface area contributed by atoms with Crippen LogP contribution in [0.2, 0.25) is 0 Å². The third-order valence-corrected chi connectivity index (χ3v) is 2.85. The highest BCUT2D eigenvalue weighted by Gasteiger charge is 2.00. The van der Waals surface area contributed by atoms with Crippen molar-refractivity contribution >= 4 is 16.9 Å². The van der Waals surface area contributed by atoms with Crippen molar-refractivity contribution in [2.24, 2.45) is 0 Å². The van der Waals surface area contributed by atoms with Crippen molar-refractivity contribution in [1.82, 2.24) is 5.32 Å². The molecule has 0 unspecified atom stereocenters. The number of benzene rings is 2. The SMILES string of the molecule is O=C(O)NCCCCOc1cccc2ccccc12. The van der Waals surface area contributed by atoms with Crippen LogP contribution in [0.15, 0.2) is 42.5 Å². The van der Waals surface area contributed by atoms with Crippen molar-refractivity contribution in [2.75, 3.05) is 13.2 Å². The van der Waals surface area contributed by atoms with Gasteiger partial charge in [-0.2, -0.15) is 0 Å². The molecule has 0 aliphatic carbocycles. The van der Waals surface area contributed by atoms with Gasteiger partial charge in [0.05, 0.1) is 6.61 Å². The quantitative estimate of drug-likeness (QED) is 0.783. The molecule has 2 aromatic rings. The molecule has 0 spiro atoms. The number of ether oxygens (including phenoxy) is 1. The molecule has 0 aliphatic rings. The number of amides is 1. The van der Waals surface area contributed by atoms with Crippen LogP contribution in [-0.2, 0) is 0 Å². The Morgan fingerprint density at radius 2 is 1.89 bits per heavy atom. The fourth-order valence-corrected chi connectivity index (χ4v) is 1.93. The molecule has 2 aromatic carbocycles. The van der Waals surface area contributed by atoms with Crippen LogP contribution >= 0.6 is 0 Å². The van der Waals surface area contributed by atoms with Crippen molar-refractivity contribution in [3.8, 4) is 5.75 Å². The van der Waals surface area contributed by atoms with E-state index in [9.17, 15) is 4.79 Å². The van der Waals surface area contributed by atoms with E-state index >= 15 is 0 Å². The molecule has 1 amide bonds. The summed E-state index contributed by atoms with van der Waals surface area (Å²) in [6.07, 6.45) is 0.621. The molecule has 2 rings (SSSR count). The van der Waals surface area contributed by atoms with Gasteiger partial charge in [-0.3, -0.25) is 0 Å². The zero-order valence-electron chi connectivity index (χ0n) is 10.6. The second-order valence-corrected chi connectivity index (χ2v) is 4.26. The molecule has 0 aromatic heterocycles. The van der Waals surface area contributed by atoms with Gasteiger partial charge in [-0.15, -0.1) is 0 Å². The Hall–Kier alpha value is -2.23. The maximum absolute atomic E-state index is 10.3. The molecule has 0 saturated carbocycles. The third kappa shape index (κ3) is 3.88. The summed E-state index contributed by atoms with van der Waals surface area (Å²) in [6, 6.07) is 14.1. The molecule has 2 N–H and O–H groups in total. The first kappa shape index (κ1) is 13.2. The number of carbonyl (C=O) groups is 1. The van der Waals surface area contributed by atoms with Gasteiger partial charge in [-0.1, -0.05) is 36.4 Å². The Morgan fingerprint density at radius 3 is 2.74 bits per heavy atom. The molecule has 4 nitrogen and oxygen atoms in total. The molecular weight excluding hydrogens is 242 g/mol. The van der Waals surface area contributed by atoms with E-state index in [1.54, 1.807) is 0 Å². The Balaban J connectivity index is 1.83. The van der Waals surface area contributed by atoms with Gasteiger partial charge >= 0.3 is 6.09 Å². The van der Waals surface area contributed by atoms with Gasteiger partial charge in [0.2, 0.25) is 0 Å². The van der Waals surface area contributed by atoms with Crippen LogP contribution in [-0.4, -0.2) is 24.4 Å². The normalized spacial score (nSPS) is 10.3. The number of nitrogens with one attached hydrogen (secondary N) is 1. The minimum Gasteiger partial charge on any atom is -0.493 e. The largest absolute Gasteiger partial charge is 0.493 e. The van der Waals surface area contributed by atoms with Crippen LogP contribution in [0.4, 0.5) is 4.79 Å². The summed E-state index contributed by atoms with van der Waals surface area (Å²) in [5.74, 6) is 0.879. The Bertz CT molecular complexity index is 549. The number of fused-ring (bicyclic) bond motifs is 1. The van der Waals surface area contributed by atoms with Gasteiger partial charge in [0.15, 0.2) is 0 Å². The lowest BCUT2D eigenvalue weighted by Gasteiger charge is -2.09. The van der Waals surface area contributed by atoms with Gasteiger partial charge in [-0.05, 0) is 24.3 Å². The van der Waals surface area contributed by atoms with E-state index in [2.05, 4.69) is 17.4 Å². The summed E-state index contributed by atoms with van der Waals surface area (Å²) in [6.45, 7) is 1.06. The van der Waals surface area contributed by atoms with E-state index < -0.39 is 6.09 Å². The summed E-state index contributed by atoms with van der Waals surface area (Å²) >= 11 is 0. The van der Waals surface area contributed by atoms with Gasteiger partial charge in [0, 0.05) is 11.9 Å². The van der Waals surface area contributed by atoms with Crippen LogP contribution in [0.5, 0.6) is 5.75 Å². The maximum atomic E-state index is 10.3. The Morgan fingerprint density at radius 1 is 1.11 bits per heavy atom. The van der Waals surface area contributed by atoms with E-state index in [0.29, 0.717) is 13.2 Å². The first-order chi connectivity index (χ1) is 9.27. The predicted molar refractivity (Wildman–Crippen MR) is 74.7 cm³/mol. The first-order valence-electron chi connectivity index (χ1n) is 6.35. The standard InChI is InChI=1S/C15H17NO3/c17-15(18)16-10-3-4-11-19-14-9-5-7-12-6-1-2-8-13(12)14/h1-2,5-9,16H,3-4,10-11H2,(H,17,18). The van der Waals surface area contributed by atoms with Crippen LogP contribution in [0.3, 0.4) is 0 Å². The molecule has 0 saturated heterocycles. The van der Waals surface area contributed by atoms with E-state index in [1.807, 2.05) is 30.3 Å². The van der Waals surface area contributed by atoms with Crippen LogP contribution in [0.1, 0.15) is 12.8 Å². The van der Waals surface area contributed by atoms with Crippen molar-refractivity contribution in [2.45, 2.75) is 12.8 Å². The molecule has 19 heavy (non-hydrogen) atoms. The molecule has 100 valence electrons. The fraction of sp³-hybridized carbons (Fsp3) is 0.267. The summed E-state index contributed by atoms with van der Waals surface area (Å²) in [4.78, 5) is 10.3. The summed E-state index contributed by atoms with van der Waals surface area (Å²) < 4.78 is 5.75. The molecule has 0 bridgehead atoms. The van der Waals surface area contributed by atoms with Crippen LogP contribution in [0, 0.1) is 0 Å². The molecule has 0 radical (unpaired) electrons. The number of hydrogen-bond acceptors (Lipinski definition) is 2. The predicted octanol–water partition coefficient (Wildman–Crippen LogP) is 3.27. The van der Waals surface area contributed by atoms with Gasteiger partial charge in [-0.25, -0.2) is 4.79 Å². The van der Waals surface area contributed by atoms with Crippen molar-refractivity contribution < 1.29 is 14.6 Å². The minimum absolute atomic E-state index is 0.466. The number of unbranched alkanes of at least 4 members (excludes halogenated alkanes) is 1. The monoisotopic (exact) mass is 259 g/mol. The zero-order valence-corrected chi connectivity index (χ0v) is 10.6. The van der Waals surface area contributed by atoms with E-state index in [1.165, 1.54) is 0 Å². The molecule has 4 heteroatoms. The highest BCUT2D eigenvalue weighted by Crippen LogP contribution is 2.25. The Kier molecular flexibility index (Phi) is 4.61. The number of carboxylic acid groups (broad SMARTS) is 1. The van der Waals surface area contributed by atoms with Gasteiger partial charge in [0.25, 0.3) is 0 Å². The zero-order chi connectivity index (χ0) is 13.5. The average Bonchev–Trinajstić information content (AvgIpc) is 2.42. The Labute approximate surface area is 112 Å². The van der Waals surface area contributed by atoms with Crippen molar-refractivity contribution in [3.05, 3.63) is 42.5 Å². The molecule has 0 atom stereocenters. The van der Waals surface area contributed by atoms with Crippen LogP contribution in [0.25, 0.3) is 10.8 Å². The smallest absolute Gasteiger partial charge is 0.404 e. The second-order valence-electron chi connectivity index (χ2n) is 4.26. The molecule has 0 heterocycles. The summed E-state index contributed by atoms with van der Waals surface area (Å²) in [5, 5.41) is 13.0. The van der Waals surface area contributed by atoms with Crippen LogP contribution < -0.4 is 10.1 Å². The van der Waals surface area contributed by atoms with E-state index in [4.69, 9.17) is 9.84 Å².